The van der Waals surface area contributed by atoms with Gasteiger partial charge < -0.3 is 4.74 Å². The van der Waals surface area contributed by atoms with Crippen molar-refractivity contribution >= 4 is 17.6 Å². The van der Waals surface area contributed by atoms with Gasteiger partial charge in [0, 0.05) is 36.7 Å². The molecule has 0 amide bonds. The molecule has 0 saturated carbocycles. The molecule has 4 rings (SSSR count). The van der Waals surface area contributed by atoms with Crippen LogP contribution < -0.4 is 4.74 Å². The second kappa shape index (κ2) is 8.27. The Kier molecular flexibility index (Phi) is 5.64. The molecular formula is C21H14ClF5N4O. The van der Waals surface area contributed by atoms with Crippen LogP contribution in [0.25, 0.3) is 0 Å². The normalized spacial score (nSPS) is 16.3. The van der Waals surface area contributed by atoms with Gasteiger partial charge in [0.2, 0.25) is 5.88 Å². The molecule has 0 N–H and O–H groups in total. The largest absolute Gasteiger partial charge is 0.439 e. The number of hydrogen-bond acceptors (Lipinski definition) is 5. The maximum atomic E-state index is 14.2. The van der Waals surface area contributed by atoms with E-state index in [4.69, 9.17) is 16.5 Å². The number of pyridine rings is 1. The van der Waals surface area contributed by atoms with Gasteiger partial charge in [-0.1, -0.05) is 18.2 Å². The molecule has 1 aliphatic heterocycles. The maximum absolute atomic E-state index is 14.2. The summed E-state index contributed by atoms with van der Waals surface area (Å²) in [5, 5.41) is 5.59. The van der Waals surface area contributed by atoms with Crippen molar-refractivity contribution in [1.82, 2.24) is 14.4 Å². The molecule has 0 aliphatic carbocycles. The number of hydrogen-bond donors (Lipinski definition) is 0. The minimum atomic E-state index is -4.50. The van der Waals surface area contributed by atoms with Gasteiger partial charge in [0.25, 0.3) is 0 Å². The summed E-state index contributed by atoms with van der Waals surface area (Å²) in [6.07, 6.45) is -4.56. The van der Waals surface area contributed by atoms with Gasteiger partial charge in [-0.15, -0.1) is 0 Å². The van der Waals surface area contributed by atoms with Crippen molar-refractivity contribution in [3.63, 3.8) is 0 Å². The SMILES string of the molecule is CN1N=C(c2c(F)cccc2F)N(Cl)C1c1cccc(Oc2ccc(C(F)(F)F)cn2)c1. The quantitative estimate of drug-likeness (QED) is 0.351. The van der Waals surface area contributed by atoms with Crippen molar-refractivity contribution in [2.45, 2.75) is 12.3 Å². The molecule has 2 heterocycles. The zero-order valence-electron chi connectivity index (χ0n) is 16.3. The Morgan fingerprint density at radius 2 is 1.69 bits per heavy atom. The molecule has 11 heteroatoms. The number of ether oxygens (including phenoxy) is 1. The van der Waals surface area contributed by atoms with Crippen molar-refractivity contribution in [3.05, 3.63) is 89.1 Å². The van der Waals surface area contributed by atoms with Gasteiger partial charge >= 0.3 is 6.18 Å². The Hall–Kier alpha value is -3.40. The molecule has 2 aromatic carbocycles. The third kappa shape index (κ3) is 4.18. The van der Waals surface area contributed by atoms with Crippen LogP contribution in [0.3, 0.4) is 0 Å². The van der Waals surface area contributed by atoms with E-state index in [-0.39, 0.29) is 23.0 Å². The maximum Gasteiger partial charge on any atom is 0.417 e. The molecule has 3 aromatic rings. The van der Waals surface area contributed by atoms with Gasteiger partial charge in [0.1, 0.15) is 17.4 Å². The summed E-state index contributed by atoms with van der Waals surface area (Å²) in [7, 11) is 1.58. The summed E-state index contributed by atoms with van der Waals surface area (Å²) in [4.78, 5) is 3.67. The Morgan fingerprint density at radius 1 is 1.00 bits per heavy atom. The van der Waals surface area contributed by atoms with Crippen molar-refractivity contribution in [3.8, 4) is 11.6 Å². The topological polar surface area (TPSA) is 41.0 Å². The van der Waals surface area contributed by atoms with Crippen molar-refractivity contribution in [1.29, 1.82) is 0 Å². The van der Waals surface area contributed by atoms with E-state index in [0.29, 0.717) is 11.8 Å². The van der Waals surface area contributed by atoms with Crippen LogP contribution in [0.15, 0.2) is 65.9 Å². The third-order valence-electron chi connectivity index (χ3n) is 4.65. The van der Waals surface area contributed by atoms with E-state index in [1.807, 2.05) is 0 Å². The highest BCUT2D eigenvalue weighted by Crippen LogP contribution is 2.36. The fourth-order valence-electron chi connectivity index (χ4n) is 3.19. The molecule has 0 bridgehead atoms. The van der Waals surface area contributed by atoms with Gasteiger partial charge in [0.15, 0.2) is 12.0 Å². The lowest BCUT2D eigenvalue weighted by Crippen LogP contribution is -2.27. The average Bonchev–Trinajstić information content (AvgIpc) is 3.01. The number of amidine groups is 1. The minimum Gasteiger partial charge on any atom is -0.439 e. The second-order valence-electron chi connectivity index (χ2n) is 6.84. The molecule has 1 unspecified atom stereocenters. The molecule has 0 spiro atoms. The van der Waals surface area contributed by atoms with Crippen molar-refractivity contribution in [2.75, 3.05) is 7.05 Å². The van der Waals surface area contributed by atoms with Crippen LogP contribution in [0.4, 0.5) is 22.0 Å². The number of alkyl halides is 3. The summed E-state index contributed by atoms with van der Waals surface area (Å²) in [6.45, 7) is 0. The number of nitrogens with zero attached hydrogens (tertiary/aromatic N) is 4. The first-order valence-corrected chi connectivity index (χ1v) is 9.51. The highest BCUT2D eigenvalue weighted by Gasteiger charge is 2.36. The van der Waals surface area contributed by atoms with Gasteiger partial charge in [-0.2, -0.15) is 18.3 Å². The van der Waals surface area contributed by atoms with E-state index >= 15 is 0 Å². The summed E-state index contributed by atoms with van der Waals surface area (Å²) >= 11 is 6.39. The molecule has 1 atom stereocenters. The highest BCUT2D eigenvalue weighted by molar-refractivity contribution is 6.26. The van der Waals surface area contributed by atoms with E-state index < -0.39 is 29.5 Å². The van der Waals surface area contributed by atoms with Crippen LogP contribution in [-0.2, 0) is 6.18 Å². The van der Waals surface area contributed by atoms with Crippen LogP contribution in [0.1, 0.15) is 22.9 Å². The van der Waals surface area contributed by atoms with Gasteiger partial charge in [-0.3, -0.25) is 5.01 Å². The fourth-order valence-corrected chi connectivity index (χ4v) is 3.55. The van der Waals surface area contributed by atoms with Crippen LogP contribution in [0.5, 0.6) is 11.6 Å². The number of benzene rings is 2. The molecular weight excluding hydrogens is 455 g/mol. The average molecular weight is 469 g/mol. The zero-order chi connectivity index (χ0) is 23.0. The summed E-state index contributed by atoms with van der Waals surface area (Å²) < 4.78 is 73.1. The molecule has 0 fully saturated rings. The summed E-state index contributed by atoms with van der Waals surface area (Å²) in [6, 6.07) is 11.9. The number of hydrazone groups is 1. The highest BCUT2D eigenvalue weighted by atomic mass is 35.5. The van der Waals surface area contributed by atoms with E-state index in [2.05, 4.69) is 10.1 Å². The van der Waals surface area contributed by atoms with Crippen molar-refractivity contribution in [2.24, 2.45) is 5.10 Å². The molecule has 166 valence electrons. The predicted octanol–water partition coefficient (Wildman–Crippen LogP) is 5.93. The molecule has 1 aliphatic rings. The van der Waals surface area contributed by atoms with Crippen LogP contribution in [-0.4, -0.2) is 27.3 Å². The Balaban J connectivity index is 1.57. The molecule has 0 radical (unpaired) electrons. The lowest BCUT2D eigenvalue weighted by molar-refractivity contribution is -0.137. The van der Waals surface area contributed by atoms with E-state index in [1.165, 1.54) is 11.1 Å². The Morgan fingerprint density at radius 3 is 2.31 bits per heavy atom. The first kappa shape index (κ1) is 21.8. The van der Waals surface area contributed by atoms with Crippen LogP contribution in [0, 0.1) is 11.6 Å². The van der Waals surface area contributed by atoms with Crippen LogP contribution in [0.2, 0.25) is 0 Å². The standard InChI is InChI=1S/C21H14ClF5N4O/c1-30-20(31(22)19(29-30)18-15(23)6-3-7-16(18)24)12-4-2-5-14(10-12)32-17-9-8-13(11-28-17)21(25,26)27/h2-11,20H,1H3. The third-order valence-corrected chi connectivity index (χ3v) is 5.00. The van der Waals surface area contributed by atoms with Crippen LogP contribution >= 0.6 is 11.8 Å². The predicted molar refractivity (Wildman–Crippen MR) is 107 cm³/mol. The van der Waals surface area contributed by atoms with E-state index in [0.717, 1.165) is 28.7 Å². The lowest BCUT2D eigenvalue weighted by atomic mass is 10.1. The Labute approximate surface area is 184 Å². The van der Waals surface area contributed by atoms with Crippen molar-refractivity contribution < 1.29 is 26.7 Å². The zero-order valence-corrected chi connectivity index (χ0v) is 17.1. The van der Waals surface area contributed by atoms with Gasteiger partial charge in [-0.25, -0.2) is 18.2 Å². The molecule has 5 nitrogen and oxygen atoms in total. The molecule has 32 heavy (non-hydrogen) atoms. The first-order chi connectivity index (χ1) is 15.1. The van der Waals surface area contributed by atoms with E-state index in [1.54, 1.807) is 31.3 Å². The monoisotopic (exact) mass is 468 g/mol. The summed E-state index contributed by atoms with van der Waals surface area (Å²) in [5.41, 5.74) is -0.699. The molecule has 1 aromatic heterocycles. The van der Waals surface area contributed by atoms with Gasteiger partial charge in [0.05, 0.1) is 11.1 Å². The number of halogens is 6. The Bertz CT molecular complexity index is 1150. The number of aromatic nitrogens is 1. The smallest absolute Gasteiger partial charge is 0.417 e. The first-order valence-electron chi connectivity index (χ1n) is 9.17. The second-order valence-corrected chi connectivity index (χ2v) is 7.20. The lowest BCUT2D eigenvalue weighted by Gasteiger charge is -2.25. The number of rotatable bonds is 4. The minimum absolute atomic E-state index is 0.0389. The van der Waals surface area contributed by atoms with E-state index in [9.17, 15) is 22.0 Å². The van der Waals surface area contributed by atoms with Gasteiger partial charge in [-0.05, 0) is 30.3 Å². The summed E-state index contributed by atoms with van der Waals surface area (Å²) in [5.74, 6) is -1.49. The fraction of sp³-hybridized carbons (Fsp3) is 0.143. The molecule has 0 saturated heterocycles.